The molecule has 2 heterocycles. The Labute approximate surface area is 144 Å². The fraction of sp³-hybridized carbons (Fsp3) is 0.263. The third-order valence-corrected chi connectivity index (χ3v) is 4.20. The minimum Gasteiger partial charge on any atom is -0.489 e. The van der Waals surface area contributed by atoms with E-state index in [4.69, 9.17) is 9.26 Å². The summed E-state index contributed by atoms with van der Waals surface area (Å²) in [5.41, 5.74) is 1.66. The van der Waals surface area contributed by atoms with E-state index in [1.807, 2.05) is 30.3 Å². The van der Waals surface area contributed by atoms with Crippen molar-refractivity contribution in [1.82, 2.24) is 15.5 Å². The Morgan fingerprint density at radius 1 is 1.16 bits per heavy atom. The van der Waals surface area contributed by atoms with Gasteiger partial charge in [0, 0.05) is 12.0 Å². The third kappa shape index (κ3) is 3.85. The second kappa shape index (κ2) is 7.03. The zero-order valence-electron chi connectivity index (χ0n) is 13.6. The summed E-state index contributed by atoms with van der Waals surface area (Å²) >= 11 is 0. The first-order valence-electron chi connectivity index (χ1n) is 8.27. The molecule has 3 aromatic rings. The maximum Gasteiger partial charge on any atom is 0.227 e. The van der Waals surface area contributed by atoms with E-state index >= 15 is 0 Å². The minimum absolute atomic E-state index is 0.262. The van der Waals surface area contributed by atoms with E-state index in [-0.39, 0.29) is 5.82 Å². The molecule has 4 rings (SSSR count). The highest BCUT2D eigenvalue weighted by Crippen LogP contribution is 2.22. The highest BCUT2D eigenvalue weighted by molar-refractivity contribution is 5.55. The van der Waals surface area contributed by atoms with Crippen LogP contribution in [0, 0.1) is 11.7 Å². The molecule has 1 N–H and O–H groups in total. The van der Waals surface area contributed by atoms with Crippen LogP contribution in [0.15, 0.2) is 53.1 Å². The minimum atomic E-state index is -0.262. The van der Waals surface area contributed by atoms with Gasteiger partial charge in [-0.05, 0) is 61.0 Å². The largest absolute Gasteiger partial charge is 0.489 e. The third-order valence-electron chi connectivity index (χ3n) is 4.20. The van der Waals surface area contributed by atoms with E-state index in [2.05, 4.69) is 15.5 Å². The normalized spacial score (nSPS) is 14.3. The van der Waals surface area contributed by atoms with E-state index in [9.17, 15) is 4.39 Å². The van der Waals surface area contributed by atoms with Gasteiger partial charge in [-0.15, -0.1) is 0 Å². The Bertz CT molecular complexity index is 844. The number of nitrogens with one attached hydrogen (secondary N) is 1. The van der Waals surface area contributed by atoms with Gasteiger partial charge in [-0.2, -0.15) is 4.98 Å². The molecule has 0 spiro atoms. The molecule has 1 fully saturated rings. The Balaban J connectivity index is 1.38. The van der Waals surface area contributed by atoms with Gasteiger partial charge in [-0.3, -0.25) is 0 Å². The topological polar surface area (TPSA) is 60.2 Å². The average molecular weight is 339 g/mol. The van der Waals surface area contributed by atoms with E-state index in [0.717, 1.165) is 30.6 Å². The first kappa shape index (κ1) is 15.8. The molecular formula is C19H18FN3O2. The van der Waals surface area contributed by atoms with Crippen LogP contribution in [0.25, 0.3) is 11.4 Å². The van der Waals surface area contributed by atoms with Crippen molar-refractivity contribution in [2.75, 3.05) is 13.1 Å². The van der Waals surface area contributed by atoms with Crippen LogP contribution in [-0.4, -0.2) is 23.2 Å². The molecule has 0 saturated carbocycles. The van der Waals surface area contributed by atoms with Crippen LogP contribution >= 0.6 is 0 Å². The van der Waals surface area contributed by atoms with Gasteiger partial charge in [0.2, 0.25) is 11.7 Å². The molecule has 0 amide bonds. The zero-order chi connectivity index (χ0) is 17.1. The Morgan fingerprint density at radius 3 is 2.72 bits per heavy atom. The average Bonchev–Trinajstić information content (AvgIpc) is 3.06. The Kier molecular flexibility index (Phi) is 4.43. The first-order valence-corrected chi connectivity index (χ1v) is 8.27. The summed E-state index contributed by atoms with van der Waals surface area (Å²) in [6.07, 6.45) is 0.814. The molecule has 1 aliphatic rings. The highest BCUT2D eigenvalue weighted by atomic mass is 19.1. The van der Waals surface area contributed by atoms with Gasteiger partial charge >= 0.3 is 0 Å². The van der Waals surface area contributed by atoms with Crippen LogP contribution in [0.1, 0.15) is 11.5 Å². The Morgan fingerprint density at radius 2 is 2.00 bits per heavy atom. The molecule has 0 aliphatic carbocycles. The molecule has 5 nitrogen and oxygen atoms in total. The lowest BCUT2D eigenvalue weighted by atomic mass is 10.00. The maximum atomic E-state index is 13.2. The molecular weight excluding hydrogens is 321 g/mol. The van der Waals surface area contributed by atoms with Crippen molar-refractivity contribution in [3.63, 3.8) is 0 Å². The van der Waals surface area contributed by atoms with Crippen molar-refractivity contribution in [2.45, 2.75) is 13.0 Å². The van der Waals surface area contributed by atoms with Gasteiger partial charge in [-0.1, -0.05) is 17.3 Å². The van der Waals surface area contributed by atoms with Gasteiger partial charge in [-0.25, -0.2) is 4.39 Å². The van der Waals surface area contributed by atoms with E-state index in [0.29, 0.717) is 30.0 Å². The van der Waals surface area contributed by atoms with Gasteiger partial charge in [0.05, 0.1) is 0 Å². The molecule has 1 aliphatic heterocycles. The van der Waals surface area contributed by atoms with Gasteiger partial charge < -0.3 is 14.6 Å². The molecule has 25 heavy (non-hydrogen) atoms. The number of rotatable bonds is 6. The lowest BCUT2D eigenvalue weighted by molar-refractivity contribution is 0.296. The summed E-state index contributed by atoms with van der Waals surface area (Å²) in [5, 5.41) is 7.27. The smallest absolute Gasteiger partial charge is 0.227 e. The van der Waals surface area contributed by atoms with Crippen molar-refractivity contribution >= 4 is 0 Å². The summed E-state index contributed by atoms with van der Waals surface area (Å²) in [4.78, 5) is 4.45. The molecule has 0 unspecified atom stereocenters. The second-order valence-corrected chi connectivity index (χ2v) is 6.18. The Hall–Kier alpha value is -2.73. The van der Waals surface area contributed by atoms with Crippen LogP contribution in [0.3, 0.4) is 0 Å². The van der Waals surface area contributed by atoms with Crippen molar-refractivity contribution in [3.05, 3.63) is 65.8 Å². The SMILES string of the molecule is Fc1cccc(COc2ccc(-c3noc(CC4CNC4)n3)cc2)c1. The van der Waals surface area contributed by atoms with E-state index in [1.165, 1.54) is 12.1 Å². The van der Waals surface area contributed by atoms with Crippen LogP contribution in [-0.2, 0) is 13.0 Å². The standard InChI is InChI=1S/C19H18FN3O2/c20-16-3-1-2-13(8-16)12-24-17-6-4-15(5-7-17)19-22-18(25-23-19)9-14-10-21-11-14/h1-8,14,21H,9-12H2. The molecule has 1 saturated heterocycles. The number of hydrogen-bond acceptors (Lipinski definition) is 5. The van der Waals surface area contributed by atoms with Crippen molar-refractivity contribution in [3.8, 4) is 17.1 Å². The number of halogens is 1. The van der Waals surface area contributed by atoms with Crippen molar-refractivity contribution in [2.24, 2.45) is 5.92 Å². The van der Waals surface area contributed by atoms with E-state index in [1.54, 1.807) is 6.07 Å². The maximum absolute atomic E-state index is 13.2. The number of nitrogens with zero attached hydrogens (tertiary/aromatic N) is 2. The number of hydrogen-bond donors (Lipinski definition) is 1. The van der Waals surface area contributed by atoms with Crippen LogP contribution in [0.2, 0.25) is 0 Å². The first-order chi connectivity index (χ1) is 12.3. The van der Waals surface area contributed by atoms with Crippen molar-refractivity contribution in [1.29, 1.82) is 0 Å². The zero-order valence-corrected chi connectivity index (χ0v) is 13.6. The summed E-state index contributed by atoms with van der Waals surface area (Å²) in [6.45, 7) is 2.34. The van der Waals surface area contributed by atoms with Gasteiger partial charge in [0.25, 0.3) is 0 Å². The number of benzene rings is 2. The summed E-state index contributed by atoms with van der Waals surface area (Å²) in [6, 6.07) is 13.9. The fourth-order valence-corrected chi connectivity index (χ4v) is 2.69. The second-order valence-electron chi connectivity index (χ2n) is 6.18. The van der Waals surface area contributed by atoms with Gasteiger partial charge in [0.15, 0.2) is 0 Å². The summed E-state index contributed by atoms with van der Waals surface area (Å²) < 4.78 is 24.2. The number of ether oxygens (including phenoxy) is 1. The molecule has 0 atom stereocenters. The fourth-order valence-electron chi connectivity index (χ4n) is 2.69. The summed E-state index contributed by atoms with van der Waals surface area (Å²) in [5.74, 6) is 2.29. The van der Waals surface area contributed by atoms with Crippen LogP contribution in [0.5, 0.6) is 5.75 Å². The predicted molar refractivity (Wildman–Crippen MR) is 90.5 cm³/mol. The molecule has 2 aromatic carbocycles. The molecule has 1 aromatic heterocycles. The van der Waals surface area contributed by atoms with E-state index < -0.39 is 0 Å². The monoisotopic (exact) mass is 339 g/mol. The van der Waals surface area contributed by atoms with Crippen molar-refractivity contribution < 1.29 is 13.7 Å². The van der Waals surface area contributed by atoms with Gasteiger partial charge in [0.1, 0.15) is 18.2 Å². The quantitative estimate of drug-likeness (QED) is 0.747. The lowest BCUT2D eigenvalue weighted by Gasteiger charge is -2.25. The highest BCUT2D eigenvalue weighted by Gasteiger charge is 2.20. The molecule has 0 bridgehead atoms. The number of aromatic nitrogens is 2. The molecule has 6 heteroatoms. The summed E-state index contributed by atoms with van der Waals surface area (Å²) in [7, 11) is 0. The van der Waals surface area contributed by atoms with Crippen LogP contribution in [0.4, 0.5) is 4.39 Å². The van der Waals surface area contributed by atoms with Crippen LogP contribution < -0.4 is 10.1 Å². The lowest BCUT2D eigenvalue weighted by Crippen LogP contribution is -2.43. The predicted octanol–water partition coefficient (Wildman–Crippen LogP) is 3.22. The molecule has 128 valence electrons. The molecule has 0 radical (unpaired) electrons.